The van der Waals surface area contributed by atoms with Crippen LogP contribution in [0.1, 0.15) is 6.42 Å². The molecule has 188 valence electrons. The molecule has 2 aliphatic heterocycles. The van der Waals surface area contributed by atoms with Gasteiger partial charge in [-0.1, -0.05) is 0 Å². The van der Waals surface area contributed by atoms with Crippen LogP contribution in [-0.2, 0) is 18.9 Å². The SMILES string of the molecule is CN[C@H]1[C@H](O)COC(O[C@H]2[C@H](O)[C@@H](O[C@H]3O[C@H](CO)[C@@H](O)[C@H](O)[C@H]3N)[C@H](N)C[C@@H]2N)[C@@H]1O. The Balaban J connectivity index is 1.70. The third-order valence-corrected chi connectivity index (χ3v) is 6.40. The van der Waals surface area contributed by atoms with E-state index < -0.39 is 92.2 Å². The summed E-state index contributed by atoms with van der Waals surface area (Å²) in [5, 5.41) is 63.6. The molecule has 0 aromatic carbocycles. The lowest BCUT2D eigenvalue weighted by Crippen LogP contribution is -2.68. The number of hydrogen-bond acceptors (Lipinski definition) is 14. The van der Waals surface area contributed by atoms with Gasteiger partial charge in [-0.25, -0.2) is 0 Å². The van der Waals surface area contributed by atoms with Gasteiger partial charge >= 0.3 is 0 Å². The van der Waals surface area contributed by atoms with E-state index in [9.17, 15) is 30.6 Å². The summed E-state index contributed by atoms with van der Waals surface area (Å²) in [4.78, 5) is 0. The van der Waals surface area contributed by atoms with E-state index in [0.717, 1.165) is 0 Å². The third-order valence-electron chi connectivity index (χ3n) is 6.40. The fourth-order valence-electron chi connectivity index (χ4n) is 4.45. The van der Waals surface area contributed by atoms with E-state index in [1.54, 1.807) is 7.05 Å². The Labute approximate surface area is 185 Å². The van der Waals surface area contributed by atoms with Crippen LogP contribution >= 0.6 is 0 Å². The minimum absolute atomic E-state index is 0.0989. The van der Waals surface area contributed by atoms with Gasteiger partial charge in [0.2, 0.25) is 0 Å². The molecular weight excluding hydrogens is 432 g/mol. The number of aliphatic hydroxyl groups is 6. The zero-order valence-electron chi connectivity index (χ0n) is 17.8. The summed E-state index contributed by atoms with van der Waals surface area (Å²) in [5.74, 6) is 0. The molecule has 0 aromatic rings. The number of nitrogens with two attached hydrogens (primary N) is 3. The van der Waals surface area contributed by atoms with Crippen molar-refractivity contribution in [2.75, 3.05) is 20.3 Å². The van der Waals surface area contributed by atoms with Crippen LogP contribution in [0.4, 0.5) is 0 Å². The van der Waals surface area contributed by atoms with Crippen LogP contribution in [0.3, 0.4) is 0 Å². The van der Waals surface area contributed by atoms with Crippen LogP contribution in [0.2, 0.25) is 0 Å². The highest BCUT2D eigenvalue weighted by Crippen LogP contribution is 2.30. The average Bonchev–Trinajstić information content (AvgIpc) is 2.75. The van der Waals surface area contributed by atoms with Crippen LogP contribution < -0.4 is 22.5 Å². The maximum absolute atomic E-state index is 10.9. The Morgan fingerprint density at radius 2 is 1.47 bits per heavy atom. The standard InChI is InChI=1S/C18H36N4O10/c1-22-10-7(24)4-29-18(13(10)27)32-16-6(20)2-5(19)15(14(16)28)31-17-9(21)12(26)11(25)8(3-23)30-17/h5-18,22-28H,2-4,19-21H2,1H3/t5-,6+,7-,8-,9-,10+,11-,12-,13-,14-,15+,16-,17-,18?/m1/s1. The lowest BCUT2D eigenvalue weighted by molar-refractivity contribution is -0.311. The molecule has 14 nitrogen and oxygen atoms in total. The smallest absolute Gasteiger partial charge is 0.185 e. The minimum atomic E-state index is -1.44. The summed E-state index contributed by atoms with van der Waals surface area (Å²) in [5.41, 5.74) is 18.2. The van der Waals surface area contributed by atoms with Crippen LogP contribution in [0.25, 0.3) is 0 Å². The number of ether oxygens (including phenoxy) is 4. The van der Waals surface area contributed by atoms with Crippen molar-refractivity contribution in [1.29, 1.82) is 0 Å². The predicted molar refractivity (Wildman–Crippen MR) is 107 cm³/mol. The molecule has 0 radical (unpaired) electrons. The molecule has 3 rings (SSSR count). The van der Waals surface area contributed by atoms with E-state index in [-0.39, 0.29) is 13.0 Å². The van der Waals surface area contributed by atoms with Gasteiger partial charge in [0.15, 0.2) is 12.6 Å². The van der Waals surface area contributed by atoms with Gasteiger partial charge in [0.1, 0.15) is 42.7 Å². The Morgan fingerprint density at radius 3 is 2.03 bits per heavy atom. The van der Waals surface area contributed by atoms with E-state index in [1.807, 2.05) is 0 Å². The maximum atomic E-state index is 10.9. The highest BCUT2D eigenvalue weighted by Gasteiger charge is 2.50. The predicted octanol–water partition coefficient (Wildman–Crippen LogP) is -6.39. The van der Waals surface area contributed by atoms with Crippen LogP contribution in [0.15, 0.2) is 0 Å². The van der Waals surface area contributed by atoms with E-state index in [2.05, 4.69) is 5.32 Å². The summed E-state index contributed by atoms with van der Waals surface area (Å²) in [7, 11) is 1.57. The van der Waals surface area contributed by atoms with Crippen molar-refractivity contribution in [2.45, 2.75) is 92.0 Å². The highest BCUT2D eigenvalue weighted by atomic mass is 16.7. The summed E-state index contributed by atoms with van der Waals surface area (Å²) < 4.78 is 22.4. The number of likely N-dealkylation sites (N-methyl/N-ethyl adjacent to an activating group) is 1. The molecular formula is C18H36N4O10. The summed E-state index contributed by atoms with van der Waals surface area (Å²) in [6.45, 7) is -0.686. The van der Waals surface area contributed by atoms with Gasteiger partial charge in [-0.05, 0) is 13.5 Å². The molecule has 14 atom stereocenters. The lowest BCUT2D eigenvalue weighted by atomic mass is 9.84. The zero-order valence-corrected chi connectivity index (χ0v) is 17.8. The number of rotatable bonds is 6. The minimum Gasteiger partial charge on any atom is -0.394 e. The molecule has 0 aromatic heterocycles. The fraction of sp³-hybridized carbons (Fsp3) is 1.00. The van der Waals surface area contributed by atoms with Crippen molar-refractivity contribution in [3.05, 3.63) is 0 Å². The van der Waals surface area contributed by atoms with Gasteiger partial charge in [-0.3, -0.25) is 0 Å². The molecule has 0 amide bonds. The zero-order chi connectivity index (χ0) is 23.7. The molecule has 13 N–H and O–H groups in total. The summed E-state index contributed by atoms with van der Waals surface area (Å²) in [6, 6.07) is -3.37. The number of hydrogen-bond donors (Lipinski definition) is 10. The van der Waals surface area contributed by atoms with Crippen LogP contribution in [0, 0.1) is 0 Å². The molecule has 32 heavy (non-hydrogen) atoms. The first kappa shape index (κ1) is 26.1. The molecule has 1 unspecified atom stereocenters. The Kier molecular flexibility index (Phi) is 8.79. The maximum Gasteiger partial charge on any atom is 0.185 e. The van der Waals surface area contributed by atoms with Crippen molar-refractivity contribution >= 4 is 0 Å². The van der Waals surface area contributed by atoms with E-state index in [1.165, 1.54) is 0 Å². The van der Waals surface area contributed by atoms with Gasteiger partial charge in [-0.2, -0.15) is 0 Å². The molecule has 3 fully saturated rings. The highest BCUT2D eigenvalue weighted by molar-refractivity contribution is 5.01. The normalized spacial score (nSPS) is 52.7. The summed E-state index contributed by atoms with van der Waals surface area (Å²) in [6.07, 6.45) is -12.0. The van der Waals surface area contributed by atoms with Crippen molar-refractivity contribution in [3.63, 3.8) is 0 Å². The largest absolute Gasteiger partial charge is 0.394 e. The molecule has 2 heterocycles. The van der Waals surface area contributed by atoms with Crippen molar-refractivity contribution < 1.29 is 49.6 Å². The molecule has 0 bridgehead atoms. The topological polar surface area (TPSA) is 248 Å². The van der Waals surface area contributed by atoms with Gasteiger partial charge < -0.3 is 72.1 Å². The molecule has 1 aliphatic carbocycles. The van der Waals surface area contributed by atoms with E-state index in [0.29, 0.717) is 0 Å². The quantitative estimate of drug-likeness (QED) is 0.174. The fourth-order valence-corrected chi connectivity index (χ4v) is 4.45. The van der Waals surface area contributed by atoms with E-state index in [4.69, 9.17) is 36.1 Å². The molecule has 2 saturated heterocycles. The van der Waals surface area contributed by atoms with Crippen molar-refractivity contribution in [3.8, 4) is 0 Å². The van der Waals surface area contributed by atoms with E-state index >= 15 is 0 Å². The Bertz CT molecular complexity index is 606. The van der Waals surface area contributed by atoms with Gasteiger partial charge in [0, 0.05) is 12.1 Å². The van der Waals surface area contributed by atoms with Gasteiger partial charge in [0.05, 0.1) is 31.4 Å². The third kappa shape index (κ3) is 5.08. The Hall–Kier alpha value is -0.560. The van der Waals surface area contributed by atoms with Crippen molar-refractivity contribution in [1.82, 2.24) is 5.32 Å². The average molecular weight is 469 g/mol. The molecule has 3 aliphatic rings. The first-order valence-corrected chi connectivity index (χ1v) is 10.6. The lowest BCUT2D eigenvalue weighted by Gasteiger charge is -2.47. The van der Waals surface area contributed by atoms with Gasteiger partial charge in [-0.15, -0.1) is 0 Å². The first-order chi connectivity index (χ1) is 15.1. The van der Waals surface area contributed by atoms with Crippen LogP contribution in [0.5, 0.6) is 0 Å². The Morgan fingerprint density at radius 1 is 0.875 bits per heavy atom. The molecule has 14 heteroatoms. The first-order valence-electron chi connectivity index (χ1n) is 10.6. The second-order valence-electron chi connectivity index (χ2n) is 8.61. The van der Waals surface area contributed by atoms with Crippen LogP contribution in [-0.4, -0.2) is 136 Å². The summed E-state index contributed by atoms with van der Waals surface area (Å²) >= 11 is 0. The second kappa shape index (κ2) is 10.8. The van der Waals surface area contributed by atoms with Gasteiger partial charge in [0.25, 0.3) is 0 Å². The van der Waals surface area contributed by atoms with Crippen molar-refractivity contribution in [2.24, 2.45) is 17.2 Å². The monoisotopic (exact) mass is 468 g/mol. The number of aliphatic hydroxyl groups excluding tert-OH is 6. The number of nitrogens with one attached hydrogen (secondary N) is 1. The molecule has 1 saturated carbocycles. The molecule has 0 spiro atoms. The second-order valence-corrected chi connectivity index (χ2v) is 8.61.